The Kier molecular flexibility index (Phi) is 9.23. The van der Waals surface area contributed by atoms with Gasteiger partial charge in [-0.15, -0.1) is 0 Å². The van der Waals surface area contributed by atoms with E-state index in [9.17, 15) is 9.59 Å². The number of nitrogens with two attached hydrogens (primary N) is 2. The SMILES string of the molecule is CCCCOC(=O)c1ccc2c(c1)n(CC)c(CNC(=O)c1nc(Cl)c(N)nc1N)[n+]2C.[I-]. The molecule has 0 saturated carbocycles. The first-order valence-corrected chi connectivity index (χ1v) is 10.7. The number of aromatic nitrogens is 4. The number of unbranched alkanes of at least 4 members (excludes halogenated alkanes) is 1. The van der Waals surface area contributed by atoms with Crippen molar-refractivity contribution in [2.45, 2.75) is 39.8 Å². The number of nitrogens with zero attached hydrogens (tertiary/aromatic N) is 4. The Bertz CT molecular complexity index is 1180. The van der Waals surface area contributed by atoms with Crippen molar-refractivity contribution < 1.29 is 42.9 Å². The number of rotatable bonds is 8. The van der Waals surface area contributed by atoms with Gasteiger partial charge < -0.3 is 45.5 Å². The lowest BCUT2D eigenvalue weighted by Gasteiger charge is -2.07. The number of carbonyl (C=O) groups excluding carboxylic acids is 2. The molecule has 0 saturated heterocycles. The van der Waals surface area contributed by atoms with E-state index in [-0.39, 0.29) is 59.0 Å². The molecule has 3 aromatic rings. The normalized spacial score (nSPS) is 10.7. The molecule has 0 spiro atoms. The van der Waals surface area contributed by atoms with Crippen molar-refractivity contribution in [2.24, 2.45) is 7.05 Å². The molecule has 178 valence electrons. The largest absolute Gasteiger partial charge is 1.00 e. The summed E-state index contributed by atoms with van der Waals surface area (Å²) in [5.74, 6) is -0.195. The highest BCUT2D eigenvalue weighted by Gasteiger charge is 2.25. The number of carbonyl (C=O) groups is 2. The molecule has 0 radical (unpaired) electrons. The number of aryl methyl sites for hydroxylation is 2. The van der Waals surface area contributed by atoms with Crippen LogP contribution in [0.4, 0.5) is 11.6 Å². The van der Waals surface area contributed by atoms with Crippen molar-refractivity contribution in [3.63, 3.8) is 0 Å². The molecule has 1 aromatic carbocycles. The van der Waals surface area contributed by atoms with E-state index in [0.29, 0.717) is 18.7 Å². The van der Waals surface area contributed by atoms with Crippen LogP contribution in [0.5, 0.6) is 0 Å². The molecular weight excluding hydrogens is 561 g/mol. The fraction of sp³-hybridized carbons (Fsp3) is 0.381. The van der Waals surface area contributed by atoms with Crippen LogP contribution in [-0.4, -0.2) is 33.0 Å². The molecule has 0 fully saturated rings. The molecule has 0 atom stereocenters. The van der Waals surface area contributed by atoms with Crippen LogP contribution >= 0.6 is 11.6 Å². The molecule has 10 nitrogen and oxygen atoms in total. The number of nitrogens with one attached hydrogen (secondary N) is 1. The van der Waals surface area contributed by atoms with Gasteiger partial charge in [0, 0.05) is 6.07 Å². The molecule has 1 amide bonds. The first-order valence-electron chi connectivity index (χ1n) is 10.3. The van der Waals surface area contributed by atoms with Crippen LogP contribution in [-0.2, 0) is 24.9 Å². The average molecular weight is 588 g/mol. The van der Waals surface area contributed by atoms with Crippen molar-refractivity contribution in [1.29, 1.82) is 0 Å². The molecule has 33 heavy (non-hydrogen) atoms. The first-order chi connectivity index (χ1) is 15.3. The molecule has 0 aliphatic rings. The van der Waals surface area contributed by atoms with Gasteiger partial charge in [-0.25, -0.2) is 23.9 Å². The van der Waals surface area contributed by atoms with Gasteiger partial charge in [0.15, 0.2) is 33.5 Å². The second kappa shape index (κ2) is 11.5. The molecule has 5 N–H and O–H groups in total. The zero-order valence-corrected chi connectivity index (χ0v) is 21.6. The van der Waals surface area contributed by atoms with Gasteiger partial charge in [-0.2, -0.15) is 0 Å². The summed E-state index contributed by atoms with van der Waals surface area (Å²) in [5, 5.41) is 2.71. The van der Waals surface area contributed by atoms with E-state index in [1.54, 1.807) is 6.07 Å². The lowest BCUT2D eigenvalue weighted by atomic mass is 10.2. The third-order valence-electron chi connectivity index (χ3n) is 5.14. The Balaban J connectivity index is 0.00000385. The van der Waals surface area contributed by atoms with Crippen molar-refractivity contribution >= 4 is 46.1 Å². The van der Waals surface area contributed by atoms with Gasteiger partial charge in [0.05, 0.1) is 25.8 Å². The van der Waals surface area contributed by atoms with E-state index in [1.807, 2.05) is 42.2 Å². The predicted molar refractivity (Wildman–Crippen MR) is 121 cm³/mol. The van der Waals surface area contributed by atoms with Gasteiger partial charge in [0.25, 0.3) is 11.7 Å². The number of fused-ring (bicyclic) bond motifs is 1. The quantitative estimate of drug-likeness (QED) is 0.133. The summed E-state index contributed by atoms with van der Waals surface area (Å²) >= 11 is 5.87. The summed E-state index contributed by atoms with van der Waals surface area (Å²) in [6.07, 6.45) is 1.78. The number of anilines is 2. The van der Waals surface area contributed by atoms with Gasteiger partial charge in [-0.05, 0) is 25.5 Å². The number of imidazole rings is 1. The van der Waals surface area contributed by atoms with Crippen molar-refractivity contribution in [1.82, 2.24) is 19.9 Å². The minimum Gasteiger partial charge on any atom is -1.00 e. The number of hydrogen-bond donors (Lipinski definition) is 3. The second-order valence-corrected chi connectivity index (χ2v) is 7.59. The van der Waals surface area contributed by atoms with E-state index in [4.69, 9.17) is 27.8 Å². The monoisotopic (exact) mass is 587 g/mol. The molecule has 12 heteroatoms. The van der Waals surface area contributed by atoms with E-state index in [0.717, 1.165) is 29.7 Å². The summed E-state index contributed by atoms with van der Waals surface area (Å²) < 4.78 is 9.30. The van der Waals surface area contributed by atoms with Gasteiger partial charge >= 0.3 is 5.97 Å². The van der Waals surface area contributed by atoms with Crippen LogP contribution in [0.1, 0.15) is 53.4 Å². The highest BCUT2D eigenvalue weighted by atomic mass is 127. The van der Waals surface area contributed by atoms with Crippen LogP contribution in [0, 0.1) is 0 Å². The smallest absolute Gasteiger partial charge is 0.338 e. The number of halogens is 2. The van der Waals surface area contributed by atoms with E-state index < -0.39 is 5.91 Å². The van der Waals surface area contributed by atoms with Crippen molar-refractivity contribution in [3.05, 3.63) is 40.4 Å². The molecule has 0 bridgehead atoms. The molecule has 3 rings (SSSR count). The van der Waals surface area contributed by atoms with E-state index in [2.05, 4.69) is 15.3 Å². The zero-order valence-electron chi connectivity index (χ0n) is 18.7. The first kappa shape index (κ1) is 26.6. The molecule has 0 aliphatic carbocycles. The number of esters is 1. The maximum atomic E-state index is 12.6. The van der Waals surface area contributed by atoms with Crippen molar-refractivity contribution in [3.8, 4) is 0 Å². The molecular formula is C21H27ClIN7O3. The maximum Gasteiger partial charge on any atom is 0.338 e. The van der Waals surface area contributed by atoms with Crippen LogP contribution < -0.4 is 45.3 Å². The molecule has 0 aliphatic heterocycles. The summed E-state index contributed by atoms with van der Waals surface area (Å²) in [6, 6.07) is 5.42. The van der Waals surface area contributed by atoms with Gasteiger partial charge in [-0.3, -0.25) is 4.79 Å². The zero-order chi connectivity index (χ0) is 23.4. The summed E-state index contributed by atoms with van der Waals surface area (Å²) in [5.41, 5.74) is 13.5. The Morgan fingerprint density at radius 1 is 1.21 bits per heavy atom. The minimum atomic E-state index is -0.523. The van der Waals surface area contributed by atoms with Crippen LogP contribution in [0.25, 0.3) is 11.0 Å². The standard InChI is InChI=1S/C21H26ClN7O3.HI/c1-4-6-9-32-21(31)12-7-8-13-14(10-12)29(5-2)15(28(13)3)11-25-20(30)16-18(23)27-19(24)17(22)26-16;/h7-8,10H,4-6,9,11H2,1-3H3,(H4-,23,24,25,27,30);1H. The highest BCUT2D eigenvalue weighted by molar-refractivity contribution is 6.31. The van der Waals surface area contributed by atoms with Gasteiger partial charge in [0.1, 0.15) is 6.54 Å². The highest BCUT2D eigenvalue weighted by Crippen LogP contribution is 2.19. The number of amides is 1. The second-order valence-electron chi connectivity index (χ2n) is 7.23. The molecule has 2 heterocycles. The maximum absolute atomic E-state index is 12.6. The van der Waals surface area contributed by atoms with Gasteiger partial charge in [-0.1, -0.05) is 24.9 Å². The number of ether oxygens (including phenoxy) is 1. The molecule has 0 unspecified atom stereocenters. The summed E-state index contributed by atoms with van der Waals surface area (Å²) in [6.45, 7) is 5.25. The topological polar surface area (TPSA) is 142 Å². The Labute approximate surface area is 213 Å². The Morgan fingerprint density at radius 3 is 2.61 bits per heavy atom. The summed E-state index contributed by atoms with van der Waals surface area (Å²) in [7, 11) is 1.89. The number of nitrogen functional groups attached to an aromatic ring is 2. The number of hydrogen-bond acceptors (Lipinski definition) is 7. The molecule has 2 aromatic heterocycles. The van der Waals surface area contributed by atoms with Crippen LogP contribution in [0.3, 0.4) is 0 Å². The Morgan fingerprint density at radius 2 is 1.94 bits per heavy atom. The predicted octanol–water partition coefficient (Wildman–Crippen LogP) is -1.02. The van der Waals surface area contributed by atoms with Crippen LogP contribution in [0.2, 0.25) is 5.15 Å². The average Bonchev–Trinajstić information content (AvgIpc) is 3.04. The fourth-order valence-electron chi connectivity index (χ4n) is 3.42. The fourth-order valence-corrected chi connectivity index (χ4v) is 3.55. The lowest BCUT2D eigenvalue weighted by molar-refractivity contribution is -0.654. The minimum absolute atomic E-state index is 0. The summed E-state index contributed by atoms with van der Waals surface area (Å²) in [4.78, 5) is 32.8. The van der Waals surface area contributed by atoms with Crippen molar-refractivity contribution in [2.75, 3.05) is 18.1 Å². The third-order valence-corrected chi connectivity index (χ3v) is 5.41. The van der Waals surface area contributed by atoms with Gasteiger partial charge in [0.2, 0.25) is 0 Å². The number of benzene rings is 1. The third kappa shape index (κ3) is 5.64. The van der Waals surface area contributed by atoms with E-state index in [1.165, 1.54) is 0 Å². The Hall–Kier alpha value is -2.67. The lowest BCUT2D eigenvalue weighted by Crippen LogP contribution is -3.00. The van der Waals surface area contributed by atoms with Crippen LogP contribution in [0.15, 0.2) is 18.2 Å². The van der Waals surface area contributed by atoms with E-state index >= 15 is 0 Å².